The molecule has 0 amide bonds. The number of aromatic nitrogens is 1. The number of benzene rings is 1. The number of hydrogen-bond donors (Lipinski definition) is 1. The van der Waals surface area contributed by atoms with E-state index in [9.17, 15) is 13.7 Å². The molecule has 1 aromatic carbocycles. The highest BCUT2D eigenvalue weighted by molar-refractivity contribution is 7.91. The number of sulfone groups is 1. The molecule has 1 aliphatic rings. The van der Waals surface area contributed by atoms with Crippen molar-refractivity contribution in [3.8, 4) is 18.4 Å². The topological polar surface area (TPSA) is 82.8 Å². The Balaban J connectivity index is 2.40. The van der Waals surface area contributed by atoms with Gasteiger partial charge in [-0.3, -0.25) is 4.98 Å². The number of nitriles is 1. The summed E-state index contributed by atoms with van der Waals surface area (Å²) >= 11 is 0. The maximum atomic E-state index is 12.0. The van der Waals surface area contributed by atoms with Crippen LogP contribution in [0.5, 0.6) is 0 Å². The fourth-order valence-electron chi connectivity index (χ4n) is 2.63. The van der Waals surface area contributed by atoms with Crippen LogP contribution in [0.1, 0.15) is 11.1 Å². The largest absolute Gasteiger partial charge is 0.372 e. The number of hydrogen-bond acceptors (Lipinski definition) is 5. The van der Waals surface area contributed by atoms with Gasteiger partial charge in [-0.25, -0.2) is 8.42 Å². The Labute approximate surface area is 122 Å². The van der Waals surface area contributed by atoms with Gasteiger partial charge in [0.05, 0.1) is 34.0 Å². The minimum Gasteiger partial charge on any atom is -0.372 e. The standard InChI is InChI=1S/C15H11N3O2S/c1-2-6-17-15-10(8-16)9-18-12-3-4-13-11(14(12)15)5-7-21(13,19)20/h1,3-4,9H,5-7H2,(H,17,18). The first-order chi connectivity index (χ1) is 10.1. The summed E-state index contributed by atoms with van der Waals surface area (Å²) in [4.78, 5) is 4.57. The Morgan fingerprint density at radius 3 is 2.95 bits per heavy atom. The Bertz CT molecular complexity index is 934. The SMILES string of the molecule is C#CCNc1c(C#N)cnc2ccc3c(c12)CCS3(=O)=O. The number of terminal acetylenes is 1. The van der Waals surface area contributed by atoms with Crippen LogP contribution in [0, 0.1) is 23.7 Å². The maximum Gasteiger partial charge on any atom is 0.179 e. The molecule has 2 heterocycles. The minimum atomic E-state index is -3.23. The molecular formula is C15H11N3O2S. The first-order valence-electron chi connectivity index (χ1n) is 6.33. The number of nitrogens with one attached hydrogen (secondary N) is 1. The highest BCUT2D eigenvalue weighted by Gasteiger charge is 2.29. The molecule has 5 nitrogen and oxygen atoms in total. The van der Waals surface area contributed by atoms with Gasteiger partial charge in [-0.15, -0.1) is 6.42 Å². The smallest absolute Gasteiger partial charge is 0.179 e. The van der Waals surface area contributed by atoms with Crippen LogP contribution in [0.3, 0.4) is 0 Å². The van der Waals surface area contributed by atoms with Gasteiger partial charge < -0.3 is 5.32 Å². The molecule has 0 saturated heterocycles. The molecule has 6 heteroatoms. The van der Waals surface area contributed by atoms with Gasteiger partial charge in [-0.1, -0.05) is 5.92 Å². The van der Waals surface area contributed by atoms with E-state index in [1.54, 1.807) is 12.1 Å². The molecule has 0 unspecified atom stereocenters. The molecule has 0 atom stereocenters. The van der Waals surface area contributed by atoms with E-state index in [0.29, 0.717) is 33.5 Å². The number of anilines is 1. The van der Waals surface area contributed by atoms with E-state index < -0.39 is 9.84 Å². The molecule has 1 aliphatic heterocycles. The van der Waals surface area contributed by atoms with E-state index in [0.717, 1.165) is 5.56 Å². The van der Waals surface area contributed by atoms with Crippen molar-refractivity contribution in [1.29, 1.82) is 5.26 Å². The van der Waals surface area contributed by atoms with Crippen LogP contribution in [-0.2, 0) is 16.3 Å². The van der Waals surface area contributed by atoms with Crippen LogP contribution in [0.25, 0.3) is 10.9 Å². The van der Waals surface area contributed by atoms with E-state index in [4.69, 9.17) is 6.42 Å². The number of nitrogens with zero attached hydrogens (tertiary/aromatic N) is 2. The minimum absolute atomic E-state index is 0.0901. The molecule has 3 rings (SSSR count). The van der Waals surface area contributed by atoms with Gasteiger partial charge in [-0.05, 0) is 24.1 Å². The monoisotopic (exact) mass is 297 g/mol. The lowest BCUT2D eigenvalue weighted by atomic mass is 10.0. The highest BCUT2D eigenvalue weighted by atomic mass is 32.2. The fourth-order valence-corrected chi connectivity index (χ4v) is 4.18. The number of rotatable bonds is 2. The van der Waals surface area contributed by atoms with Crippen molar-refractivity contribution >= 4 is 26.4 Å². The van der Waals surface area contributed by atoms with Gasteiger partial charge in [0, 0.05) is 11.6 Å². The molecule has 0 spiro atoms. The second kappa shape index (κ2) is 4.76. The fraction of sp³-hybridized carbons (Fsp3) is 0.200. The zero-order chi connectivity index (χ0) is 15.0. The van der Waals surface area contributed by atoms with Crippen molar-refractivity contribution in [3.05, 3.63) is 29.5 Å². The lowest BCUT2D eigenvalue weighted by Crippen LogP contribution is -2.04. The Kier molecular flexibility index (Phi) is 3.04. The molecule has 2 aromatic rings. The van der Waals surface area contributed by atoms with Gasteiger partial charge >= 0.3 is 0 Å². The van der Waals surface area contributed by atoms with Gasteiger partial charge in [0.2, 0.25) is 0 Å². The first-order valence-corrected chi connectivity index (χ1v) is 7.98. The van der Waals surface area contributed by atoms with Crippen LogP contribution in [0.15, 0.2) is 23.2 Å². The molecule has 0 aliphatic carbocycles. The lowest BCUT2D eigenvalue weighted by molar-refractivity contribution is 0.600. The van der Waals surface area contributed by atoms with Crippen LogP contribution in [-0.4, -0.2) is 25.7 Å². The Morgan fingerprint density at radius 1 is 1.43 bits per heavy atom. The summed E-state index contributed by atoms with van der Waals surface area (Å²) in [6.07, 6.45) is 7.16. The van der Waals surface area contributed by atoms with E-state index in [1.165, 1.54) is 6.20 Å². The summed E-state index contributed by atoms with van der Waals surface area (Å²) in [6.45, 7) is 0.254. The van der Waals surface area contributed by atoms with Crippen molar-refractivity contribution in [2.75, 3.05) is 17.6 Å². The lowest BCUT2D eigenvalue weighted by Gasteiger charge is -2.12. The summed E-state index contributed by atoms with van der Waals surface area (Å²) in [5.41, 5.74) is 2.30. The molecule has 1 aromatic heterocycles. The quantitative estimate of drug-likeness (QED) is 0.849. The maximum absolute atomic E-state index is 12.0. The zero-order valence-electron chi connectivity index (χ0n) is 11.0. The van der Waals surface area contributed by atoms with Crippen molar-refractivity contribution in [2.24, 2.45) is 0 Å². The van der Waals surface area contributed by atoms with E-state index in [-0.39, 0.29) is 12.3 Å². The molecule has 0 saturated carbocycles. The van der Waals surface area contributed by atoms with Gasteiger partial charge in [0.15, 0.2) is 9.84 Å². The number of aryl methyl sites for hydroxylation is 1. The zero-order valence-corrected chi connectivity index (χ0v) is 11.9. The summed E-state index contributed by atoms with van der Waals surface area (Å²) in [6, 6.07) is 5.32. The third-order valence-corrected chi connectivity index (χ3v) is 5.34. The molecule has 0 bridgehead atoms. The Morgan fingerprint density at radius 2 is 2.24 bits per heavy atom. The predicted octanol–water partition coefficient (Wildman–Crippen LogP) is 1.48. The third kappa shape index (κ3) is 2.01. The third-order valence-electron chi connectivity index (χ3n) is 3.54. The average Bonchev–Trinajstić information content (AvgIpc) is 2.80. The molecule has 0 fully saturated rings. The van der Waals surface area contributed by atoms with Crippen LogP contribution in [0.2, 0.25) is 0 Å². The molecule has 104 valence electrons. The van der Waals surface area contributed by atoms with Crippen molar-refractivity contribution in [3.63, 3.8) is 0 Å². The van der Waals surface area contributed by atoms with Crippen LogP contribution in [0.4, 0.5) is 5.69 Å². The molecular weight excluding hydrogens is 286 g/mol. The van der Waals surface area contributed by atoms with Crippen molar-refractivity contribution in [2.45, 2.75) is 11.3 Å². The normalized spacial score (nSPS) is 15.1. The summed E-state index contributed by atoms with van der Waals surface area (Å²) in [5, 5.41) is 12.9. The first kappa shape index (κ1) is 13.4. The van der Waals surface area contributed by atoms with Gasteiger partial charge in [0.1, 0.15) is 6.07 Å². The van der Waals surface area contributed by atoms with Crippen molar-refractivity contribution < 1.29 is 8.42 Å². The second-order valence-corrected chi connectivity index (χ2v) is 6.80. The van der Waals surface area contributed by atoms with E-state index in [1.807, 2.05) is 0 Å². The number of pyridine rings is 1. The summed E-state index contributed by atoms with van der Waals surface area (Å²) < 4.78 is 24.1. The molecule has 1 N–H and O–H groups in total. The number of fused-ring (bicyclic) bond motifs is 3. The van der Waals surface area contributed by atoms with Crippen molar-refractivity contribution in [1.82, 2.24) is 4.98 Å². The summed E-state index contributed by atoms with van der Waals surface area (Å²) in [7, 11) is -3.23. The van der Waals surface area contributed by atoms with E-state index >= 15 is 0 Å². The summed E-state index contributed by atoms with van der Waals surface area (Å²) in [5.74, 6) is 2.55. The van der Waals surface area contributed by atoms with Gasteiger partial charge in [-0.2, -0.15) is 5.26 Å². The predicted molar refractivity (Wildman–Crippen MR) is 79.5 cm³/mol. The van der Waals surface area contributed by atoms with Crippen LogP contribution >= 0.6 is 0 Å². The van der Waals surface area contributed by atoms with Gasteiger partial charge in [0.25, 0.3) is 0 Å². The molecule has 21 heavy (non-hydrogen) atoms. The molecule has 0 radical (unpaired) electrons. The average molecular weight is 297 g/mol. The second-order valence-electron chi connectivity index (χ2n) is 4.72. The van der Waals surface area contributed by atoms with Crippen LogP contribution < -0.4 is 5.32 Å². The van der Waals surface area contributed by atoms with E-state index in [2.05, 4.69) is 22.3 Å². The highest BCUT2D eigenvalue weighted by Crippen LogP contribution is 2.36. The Hall–Kier alpha value is -2.57.